The second-order valence-electron chi connectivity index (χ2n) is 7.97. The number of hydrogen-bond acceptors (Lipinski definition) is 4. The highest BCUT2D eigenvalue weighted by atomic mass is 15.3. The van der Waals surface area contributed by atoms with Crippen LogP contribution in [0.4, 0.5) is 5.69 Å². The van der Waals surface area contributed by atoms with Crippen LogP contribution in [0.2, 0.25) is 0 Å². The maximum absolute atomic E-state index is 4.79. The summed E-state index contributed by atoms with van der Waals surface area (Å²) in [5.41, 5.74) is 6.18. The molecular formula is C23H26N4. The molecule has 0 aliphatic carbocycles. The van der Waals surface area contributed by atoms with Crippen LogP contribution in [0.3, 0.4) is 0 Å². The van der Waals surface area contributed by atoms with Crippen LogP contribution in [0.1, 0.15) is 30.4 Å². The summed E-state index contributed by atoms with van der Waals surface area (Å²) in [6.45, 7) is 3.27. The van der Waals surface area contributed by atoms with Crippen LogP contribution < -0.4 is 4.90 Å². The fourth-order valence-electron chi connectivity index (χ4n) is 4.75. The molecule has 3 aliphatic rings. The predicted molar refractivity (Wildman–Crippen MR) is 111 cm³/mol. The highest BCUT2D eigenvalue weighted by Crippen LogP contribution is 2.34. The highest BCUT2D eigenvalue weighted by Gasteiger charge is 2.41. The van der Waals surface area contributed by atoms with Crippen molar-refractivity contribution in [3.8, 4) is 0 Å². The first kappa shape index (κ1) is 16.7. The van der Waals surface area contributed by atoms with E-state index in [9.17, 15) is 0 Å². The Morgan fingerprint density at radius 3 is 2.67 bits per heavy atom. The van der Waals surface area contributed by atoms with E-state index < -0.39 is 0 Å². The lowest BCUT2D eigenvalue weighted by molar-refractivity contribution is 0.292. The summed E-state index contributed by atoms with van der Waals surface area (Å²) in [4.78, 5) is 14.1. The SMILES string of the molecule is CN1C[C@@H]2C[C@H]1CN2c1ccc(/C=C2\CCCN=C2c2cccnc2)cc1. The van der Waals surface area contributed by atoms with Crippen molar-refractivity contribution in [2.75, 3.05) is 31.6 Å². The van der Waals surface area contributed by atoms with Crippen molar-refractivity contribution in [2.45, 2.75) is 31.3 Å². The lowest BCUT2D eigenvalue weighted by Crippen LogP contribution is -2.44. The molecule has 2 atom stereocenters. The minimum atomic E-state index is 0.687. The molecule has 0 spiro atoms. The van der Waals surface area contributed by atoms with Crippen molar-refractivity contribution in [3.05, 3.63) is 65.5 Å². The molecule has 0 saturated carbocycles. The van der Waals surface area contributed by atoms with Crippen molar-refractivity contribution in [2.24, 2.45) is 4.99 Å². The molecule has 27 heavy (non-hydrogen) atoms. The van der Waals surface area contributed by atoms with Gasteiger partial charge in [0.1, 0.15) is 0 Å². The lowest BCUT2D eigenvalue weighted by atomic mass is 9.95. The van der Waals surface area contributed by atoms with Gasteiger partial charge in [-0.25, -0.2) is 0 Å². The van der Waals surface area contributed by atoms with Gasteiger partial charge < -0.3 is 4.90 Å². The van der Waals surface area contributed by atoms with Gasteiger partial charge in [-0.2, -0.15) is 0 Å². The standard InChI is InChI=1S/C23H26N4/c1-26-15-22-13-21(26)16-27(22)20-8-6-17(7-9-20)12-18-4-3-11-25-23(18)19-5-2-10-24-14-19/h2,5-10,12,14,21-22H,3-4,11,13,15-16H2,1H3/b18-12+/t21-,22-/m0/s1. The second kappa shape index (κ2) is 6.93. The van der Waals surface area contributed by atoms with Crippen LogP contribution in [0.5, 0.6) is 0 Å². The zero-order valence-electron chi connectivity index (χ0n) is 15.9. The number of piperazine rings is 1. The number of hydrogen-bond donors (Lipinski definition) is 0. The average molecular weight is 358 g/mol. The molecule has 0 amide bonds. The van der Waals surface area contributed by atoms with Crippen molar-refractivity contribution in [1.82, 2.24) is 9.88 Å². The largest absolute Gasteiger partial charge is 0.366 e. The zero-order valence-corrected chi connectivity index (χ0v) is 15.9. The highest BCUT2D eigenvalue weighted by molar-refractivity contribution is 6.15. The molecule has 138 valence electrons. The summed E-state index contributed by atoms with van der Waals surface area (Å²) in [7, 11) is 2.25. The van der Waals surface area contributed by atoms with E-state index in [-0.39, 0.29) is 0 Å². The third-order valence-electron chi connectivity index (χ3n) is 6.19. The number of aromatic nitrogens is 1. The van der Waals surface area contributed by atoms with Crippen molar-refractivity contribution in [3.63, 3.8) is 0 Å². The second-order valence-corrected chi connectivity index (χ2v) is 7.97. The quantitative estimate of drug-likeness (QED) is 0.839. The number of likely N-dealkylation sites (tertiary alicyclic amines) is 1. The third kappa shape index (κ3) is 3.19. The number of allylic oxidation sites excluding steroid dienone is 1. The topological polar surface area (TPSA) is 31.7 Å². The third-order valence-corrected chi connectivity index (χ3v) is 6.19. The van der Waals surface area contributed by atoms with Gasteiger partial charge in [-0.3, -0.25) is 14.9 Å². The fourth-order valence-corrected chi connectivity index (χ4v) is 4.75. The number of aliphatic imine (C=N–C) groups is 1. The van der Waals surface area contributed by atoms with Gasteiger partial charge in [0.05, 0.1) is 5.71 Å². The Morgan fingerprint density at radius 2 is 1.96 bits per heavy atom. The van der Waals surface area contributed by atoms with E-state index in [0.717, 1.165) is 36.7 Å². The Balaban J connectivity index is 1.37. The molecular weight excluding hydrogens is 332 g/mol. The molecule has 4 heteroatoms. The first-order valence-electron chi connectivity index (χ1n) is 10.0. The smallest absolute Gasteiger partial charge is 0.0694 e. The molecule has 5 rings (SSSR count). The van der Waals surface area contributed by atoms with Crippen LogP contribution in [-0.4, -0.2) is 54.4 Å². The van der Waals surface area contributed by atoms with Crippen LogP contribution in [0.25, 0.3) is 6.08 Å². The summed E-state index contributed by atoms with van der Waals surface area (Å²) in [5, 5.41) is 0. The van der Waals surface area contributed by atoms with Crippen LogP contribution in [0.15, 0.2) is 59.4 Å². The molecule has 1 aromatic heterocycles. The van der Waals surface area contributed by atoms with E-state index in [1.165, 1.54) is 36.3 Å². The molecule has 2 bridgehead atoms. The van der Waals surface area contributed by atoms with Crippen molar-refractivity contribution in [1.29, 1.82) is 0 Å². The summed E-state index contributed by atoms with van der Waals surface area (Å²) in [6, 6.07) is 14.6. The number of likely N-dealkylation sites (N-methyl/N-ethyl adjacent to an activating group) is 1. The van der Waals surface area contributed by atoms with Gasteiger partial charge in [0.25, 0.3) is 0 Å². The molecule has 0 radical (unpaired) electrons. The molecule has 4 nitrogen and oxygen atoms in total. The molecule has 2 aromatic rings. The number of rotatable bonds is 3. The molecule has 2 fully saturated rings. The maximum atomic E-state index is 4.79. The van der Waals surface area contributed by atoms with E-state index in [1.54, 1.807) is 0 Å². The van der Waals surface area contributed by atoms with Gasteiger partial charge in [-0.05, 0) is 67.8 Å². The summed E-state index contributed by atoms with van der Waals surface area (Å²) < 4.78 is 0. The van der Waals surface area contributed by atoms with E-state index in [1.807, 2.05) is 18.5 Å². The first-order chi connectivity index (χ1) is 13.3. The number of nitrogens with zero attached hydrogens (tertiary/aromatic N) is 4. The Morgan fingerprint density at radius 1 is 1.07 bits per heavy atom. The van der Waals surface area contributed by atoms with Gasteiger partial charge in [-0.1, -0.05) is 12.1 Å². The van der Waals surface area contributed by atoms with Crippen molar-refractivity contribution >= 4 is 17.5 Å². The number of benzene rings is 1. The Labute approximate surface area is 161 Å². The number of fused-ring (bicyclic) bond motifs is 2. The van der Waals surface area contributed by atoms with Crippen LogP contribution >= 0.6 is 0 Å². The summed E-state index contributed by atoms with van der Waals surface area (Å²) in [6.07, 6.45) is 9.56. The van der Waals surface area contributed by atoms with Crippen LogP contribution in [-0.2, 0) is 0 Å². The normalized spacial score (nSPS) is 26.6. The van der Waals surface area contributed by atoms with Gasteiger partial charge in [0.2, 0.25) is 0 Å². The molecule has 1 aromatic carbocycles. The maximum Gasteiger partial charge on any atom is 0.0694 e. The summed E-state index contributed by atoms with van der Waals surface area (Å²) in [5.74, 6) is 0. The molecule has 0 unspecified atom stereocenters. The van der Waals surface area contributed by atoms with E-state index in [2.05, 4.69) is 58.2 Å². The van der Waals surface area contributed by atoms with Crippen molar-refractivity contribution < 1.29 is 0 Å². The van der Waals surface area contributed by atoms with E-state index in [4.69, 9.17) is 4.99 Å². The van der Waals surface area contributed by atoms with Gasteiger partial charge >= 0.3 is 0 Å². The fraction of sp³-hybridized carbons (Fsp3) is 0.391. The van der Waals surface area contributed by atoms with Gasteiger partial charge in [-0.15, -0.1) is 0 Å². The van der Waals surface area contributed by atoms with Crippen LogP contribution in [0, 0.1) is 0 Å². The zero-order chi connectivity index (χ0) is 18.2. The Kier molecular flexibility index (Phi) is 4.29. The van der Waals surface area contributed by atoms with Gasteiger partial charge in [0.15, 0.2) is 0 Å². The minimum absolute atomic E-state index is 0.687. The van der Waals surface area contributed by atoms with Gasteiger partial charge in [0, 0.05) is 55.4 Å². The first-order valence-corrected chi connectivity index (χ1v) is 10.0. The molecule has 4 heterocycles. The Bertz CT molecular complexity index is 867. The lowest BCUT2D eigenvalue weighted by Gasteiger charge is -2.33. The average Bonchev–Trinajstić information content (AvgIpc) is 3.29. The molecule has 3 aliphatic heterocycles. The summed E-state index contributed by atoms with van der Waals surface area (Å²) >= 11 is 0. The number of anilines is 1. The molecule has 2 saturated heterocycles. The van der Waals surface area contributed by atoms with E-state index in [0.29, 0.717) is 6.04 Å². The molecule has 0 N–H and O–H groups in total. The monoisotopic (exact) mass is 358 g/mol. The van der Waals surface area contributed by atoms with E-state index >= 15 is 0 Å². The minimum Gasteiger partial charge on any atom is -0.366 e. The Hall–Kier alpha value is -2.46. The predicted octanol–water partition coefficient (Wildman–Crippen LogP) is 3.64. The number of pyridine rings is 1.